The first kappa shape index (κ1) is 16.5. The maximum absolute atomic E-state index is 12.4. The number of nitrogens with one attached hydrogen (secondary N) is 1. The Labute approximate surface area is 150 Å². The number of aromatic nitrogens is 3. The van der Waals surface area contributed by atoms with Gasteiger partial charge in [0.25, 0.3) is 0 Å². The third-order valence-electron chi connectivity index (χ3n) is 4.47. The lowest BCUT2D eigenvalue weighted by Crippen LogP contribution is -2.22. The lowest BCUT2D eigenvalue weighted by Gasteiger charge is -2.10. The van der Waals surface area contributed by atoms with E-state index in [0.717, 1.165) is 25.0 Å². The van der Waals surface area contributed by atoms with Crippen LogP contribution in [0.1, 0.15) is 24.8 Å². The molecule has 1 aliphatic heterocycles. The fraction of sp³-hybridized carbons (Fsp3) is 0.316. The molecule has 1 fully saturated rings. The Morgan fingerprint density at radius 1 is 1.27 bits per heavy atom. The summed E-state index contributed by atoms with van der Waals surface area (Å²) in [6.45, 7) is 1.08. The van der Waals surface area contributed by atoms with E-state index in [9.17, 15) is 9.59 Å². The van der Waals surface area contributed by atoms with Crippen molar-refractivity contribution >= 4 is 17.2 Å². The SMILES string of the molecule is O=C(C[C@@H]1CCCO1)Nc1cccc(Cn2nc3ccccn3c2=O)c1. The Bertz CT molecular complexity index is 986. The standard InChI is InChI=1S/C19H20N4O3/c24-18(12-16-7-4-10-26-16)20-15-6-3-5-14(11-15)13-23-19(25)22-9-2-1-8-17(22)21-23/h1-3,5-6,8-9,11,16H,4,7,10,12-13H2,(H,20,24)/t16-/m0/s1. The van der Waals surface area contributed by atoms with Gasteiger partial charge in [0.15, 0.2) is 5.65 Å². The van der Waals surface area contributed by atoms with Crippen LogP contribution in [0.15, 0.2) is 53.5 Å². The summed E-state index contributed by atoms with van der Waals surface area (Å²) in [5, 5.41) is 7.23. The van der Waals surface area contributed by atoms with Crippen molar-refractivity contribution in [2.75, 3.05) is 11.9 Å². The predicted molar refractivity (Wildman–Crippen MR) is 97.2 cm³/mol. The third-order valence-corrected chi connectivity index (χ3v) is 4.47. The number of carbonyl (C=O) groups excluding carboxylic acids is 1. The van der Waals surface area contributed by atoms with E-state index in [2.05, 4.69) is 10.4 Å². The van der Waals surface area contributed by atoms with Gasteiger partial charge in [-0.1, -0.05) is 18.2 Å². The van der Waals surface area contributed by atoms with Crippen molar-refractivity contribution in [2.45, 2.75) is 31.9 Å². The van der Waals surface area contributed by atoms with Crippen LogP contribution in [-0.2, 0) is 16.1 Å². The van der Waals surface area contributed by atoms with E-state index in [-0.39, 0.29) is 17.7 Å². The number of nitrogens with zero attached hydrogens (tertiary/aromatic N) is 3. The minimum atomic E-state index is -0.187. The lowest BCUT2D eigenvalue weighted by atomic mass is 10.1. The summed E-state index contributed by atoms with van der Waals surface area (Å²) in [4.78, 5) is 24.5. The molecule has 0 unspecified atom stereocenters. The van der Waals surface area contributed by atoms with Crippen molar-refractivity contribution in [3.8, 4) is 0 Å². The Hall–Kier alpha value is -2.93. The fourth-order valence-corrected chi connectivity index (χ4v) is 3.22. The summed E-state index contributed by atoms with van der Waals surface area (Å²) in [5.41, 5.74) is 2.03. The highest BCUT2D eigenvalue weighted by Gasteiger charge is 2.19. The molecule has 1 atom stereocenters. The van der Waals surface area contributed by atoms with Crippen molar-refractivity contribution < 1.29 is 9.53 Å². The molecule has 0 bridgehead atoms. The van der Waals surface area contributed by atoms with Crippen LogP contribution in [0.5, 0.6) is 0 Å². The minimum absolute atomic E-state index is 0.0229. The van der Waals surface area contributed by atoms with Crippen molar-refractivity contribution in [2.24, 2.45) is 0 Å². The van der Waals surface area contributed by atoms with Gasteiger partial charge in [-0.15, -0.1) is 5.10 Å². The Morgan fingerprint density at radius 2 is 2.19 bits per heavy atom. The summed E-state index contributed by atoms with van der Waals surface area (Å²) in [7, 11) is 0. The molecule has 1 saturated heterocycles. The molecule has 3 heterocycles. The van der Waals surface area contributed by atoms with Crippen molar-refractivity contribution in [1.82, 2.24) is 14.2 Å². The van der Waals surface area contributed by atoms with Gasteiger partial charge in [-0.3, -0.25) is 9.20 Å². The Balaban J connectivity index is 1.47. The first-order chi connectivity index (χ1) is 12.7. The van der Waals surface area contributed by atoms with E-state index in [0.29, 0.717) is 24.3 Å². The molecule has 2 aromatic heterocycles. The van der Waals surface area contributed by atoms with E-state index in [1.165, 1.54) is 9.08 Å². The average molecular weight is 352 g/mol. The van der Waals surface area contributed by atoms with Gasteiger partial charge in [-0.2, -0.15) is 0 Å². The summed E-state index contributed by atoms with van der Waals surface area (Å²) < 4.78 is 8.42. The van der Waals surface area contributed by atoms with Crippen LogP contribution in [0.3, 0.4) is 0 Å². The fourth-order valence-electron chi connectivity index (χ4n) is 3.22. The highest BCUT2D eigenvalue weighted by Crippen LogP contribution is 2.17. The van der Waals surface area contributed by atoms with E-state index in [4.69, 9.17) is 4.74 Å². The molecular formula is C19H20N4O3. The maximum Gasteiger partial charge on any atom is 0.350 e. The summed E-state index contributed by atoms with van der Waals surface area (Å²) >= 11 is 0. The summed E-state index contributed by atoms with van der Waals surface area (Å²) in [5.74, 6) is -0.0565. The molecule has 26 heavy (non-hydrogen) atoms. The first-order valence-electron chi connectivity index (χ1n) is 8.74. The number of anilines is 1. The average Bonchev–Trinajstić information content (AvgIpc) is 3.24. The molecule has 3 aromatic rings. The smallest absolute Gasteiger partial charge is 0.350 e. The first-order valence-corrected chi connectivity index (χ1v) is 8.74. The molecule has 7 heteroatoms. The van der Waals surface area contributed by atoms with Gasteiger partial charge in [0.1, 0.15) is 0 Å². The van der Waals surface area contributed by atoms with Gasteiger partial charge < -0.3 is 10.1 Å². The molecular weight excluding hydrogens is 332 g/mol. The molecule has 1 N–H and O–H groups in total. The zero-order valence-electron chi connectivity index (χ0n) is 14.3. The molecule has 1 aliphatic rings. The monoisotopic (exact) mass is 352 g/mol. The molecule has 1 aromatic carbocycles. The Kier molecular flexibility index (Phi) is 4.53. The second-order valence-electron chi connectivity index (χ2n) is 6.46. The minimum Gasteiger partial charge on any atom is -0.378 e. The summed E-state index contributed by atoms with van der Waals surface area (Å²) in [6.07, 6.45) is 4.04. The van der Waals surface area contributed by atoms with Crippen LogP contribution in [0, 0.1) is 0 Å². The quantitative estimate of drug-likeness (QED) is 0.762. The second-order valence-corrected chi connectivity index (χ2v) is 6.46. The van der Waals surface area contributed by atoms with E-state index in [1.54, 1.807) is 18.3 Å². The number of hydrogen-bond acceptors (Lipinski definition) is 4. The van der Waals surface area contributed by atoms with Gasteiger partial charge in [0.05, 0.1) is 19.1 Å². The van der Waals surface area contributed by atoms with Crippen LogP contribution < -0.4 is 11.0 Å². The normalized spacial score (nSPS) is 16.8. The van der Waals surface area contributed by atoms with Crippen LogP contribution >= 0.6 is 0 Å². The van der Waals surface area contributed by atoms with E-state index in [1.807, 2.05) is 30.3 Å². The number of pyridine rings is 1. The number of benzene rings is 1. The van der Waals surface area contributed by atoms with Gasteiger partial charge in [-0.25, -0.2) is 9.48 Å². The van der Waals surface area contributed by atoms with Gasteiger partial charge in [0, 0.05) is 18.5 Å². The van der Waals surface area contributed by atoms with Crippen LogP contribution in [0.25, 0.3) is 5.65 Å². The number of fused-ring (bicyclic) bond motifs is 1. The van der Waals surface area contributed by atoms with Crippen molar-refractivity contribution in [3.05, 3.63) is 64.7 Å². The van der Waals surface area contributed by atoms with Gasteiger partial charge in [0.2, 0.25) is 5.91 Å². The maximum atomic E-state index is 12.4. The van der Waals surface area contributed by atoms with Crippen molar-refractivity contribution in [1.29, 1.82) is 0 Å². The van der Waals surface area contributed by atoms with Gasteiger partial charge >= 0.3 is 5.69 Å². The largest absolute Gasteiger partial charge is 0.378 e. The van der Waals surface area contributed by atoms with E-state index >= 15 is 0 Å². The summed E-state index contributed by atoms with van der Waals surface area (Å²) in [6, 6.07) is 12.9. The van der Waals surface area contributed by atoms with Crippen LogP contribution in [-0.4, -0.2) is 32.8 Å². The van der Waals surface area contributed by atoms with E-state index < -0.39 is 0 Å². The number of hydrogen-bond donors (Lipinski definition) is 1. The van der Waals surface area contributed by atoms with Crippen LogP contribution in [0.2, 0.25) is 0 Å². The highest BCUT2D eigenvalue weighted by atomic mass is 16.5. The molecule has 1 amide bonds. The molecule has 0 spiro atoms. The van der Waals surface area contributed by atoms with Crippen LogP contribution in [0.4, 0.5) is 5.69 Å². The third kappa shape index (κ3) is 3.52. The Morgan fingerprint density at radius 3 is 3.00 bits per heavy atom. The zero-order chi connectivity index (χ0) is 17.9. The zero-order valence-corrected chi connectivity index (χ0v) is 14.3. The molecule has 0 aliphatic carbocycles. The molecule has 0 radical (unpaired) electrons. The number of amides is 1. The number of ether oxygens (including phenoxy) is 1. The molecule has 0 saturated carbocycles. The molecule has 7 nitrogen and oxygen atoms in total. The predicted octanol–water partition coefficient (Wildman–Crippen LogP) is 2.05. The highest BCUT2D eigenvalue weighted by molar-refractivity contribution is 5.91. The van der Waals surface area contributed by atoms with Gasteiger partial charge in [-0.05, 0) is 42.7 Å². The van der Waals surface area contributed by atoms with Crippen molar-refractivity contribution in [3.63, 3.8) is 0 Å². The molecule has 4 rings (SSSR count). The lowest BCUT2D eigenvalue weighted by molar-refractivity contribution is -0.118. The molecule has 134 valence electrons. The number of carbonyl (C=O) groups is 1. The number of rotatable bonds is 5. The topological polar surface area (TPSA) is 77.6 Å². The second kappa shape index (κ2) is 7.13.